The predicted octanol–water partition coefficient (Wildman–Crippen LogP) is 1.99. The van der Waals surface area contributed by atoms with Crippen LogP contribution >= 0.6 is 11.3 Å². The summed E-state index contributed by atoms with van der Waals surface area (Å²) in [5.41, 5.74) is 0.714. The van der Waals surface area contributed by atoms with Crippen molar-refractivity contribution in [1.29, 1.82) is 0 Å². The van der Waals surface area contributed by atoms with Crippen LogP contribution in [0, 0.1) is 6.92 Å². The van der Waals surface area contributed by atoms with Gasteiger partial charge in [-0.05, 0) is 18.6 Å². The van der Waals surface area contributed by atoms with Gasteiger partial charge < -0.3 is 9.66 Å². The van der Waals surface area contributed by atoms with Crippen LogP contribution in [-0.4, -0.2) is 24.8 Å². The van der Waals surface area contributed by atoms with Crippen molar-refractivity contribution in [2.45, 2.75) is 11.1 Å². The van der Waals surface area contributed by atoms with Gasteiger partial charge >= 0.3 is 0 Å². The van der Waals surface area contributed by atoms with Crippen LogP contribution in [0.4, 0.5) is 5.13 Å². The fraction of sp³-hybridized carbons (Fsp3) is 0.0909. The third-order valence-electron chi connectivity index (χ3n) is 2.36. The number of carbonyl (C=O) groups excluding carboxylic acids is 1. The fourth-order valence-electron chi connectivity index (χ4n) is 1.40. The van der Waals surface area contributed by atoms with E-state index < -0.39 is 17.0 Å². The van der Waals surface area contributed by atoms with Gasteiger partial charge in [-0.1, -0.05) is 23.5 Å². The molecule has 0 spiro atoms. The van der Waals surface area contributed by atoms with Crippen LogP contribution in [0.1, 0.15) is 15.9 Å². The van der Waals surface area contributed by atoms with Crippen molar-refractivity contribution in [3.8, 4) is 5.75 Å². The summed E-state index contributed by atoms with van der Waals surface area (Å²) in [6.45, 7) is 1.68. The summed E-state index contributed by atoms with van der Waals surface area (Å²) in [6, 6.07) is 4.82. The van der Waals surface area contributed by atoms with E-state index in [0.29, 0.717) is 5.56 Å². The molecule has 0 aliphatic carbocycles. The van der Waals surface area contributed by atoms with Crippen LogP contribution in [0.2, 0.25) is 0 Å². The third kappa shape index (κ3) is 2.98. The first kappa shape index (κ1) is 13.7. The number of aromatic nitrogens is 1. The van der Waals surface area contributed by atoms with Crippen LogP contribution in [-0.2, 0) is 11.1 Å². The Balaban J connectivity index is 2.21. The Labute approximate surface area is 115 Å². The molecule has 0 radical (unpaired) electrons. The Morgan fingerprint density at radius 3 is 2.84 bits per heavy atom. The molecular weight excluding hydrogens is 288 g/mol. The highest BCUT2D eigenvalue weighted by Crippen LogP contribution is 2.25. The largest absolute Gasteiger partial charge is 0.507 e. The molecule has 1 aromatic heterocycles. The van der Waals surface area contributed by atoms with E-state index in [-0.39, 0.29) is 20.7 Å². The van der Waals surface area contributed by atoms with Crippen molar-refractivity contribution in [3.63, 3.8) is 0 Å². The van der Waals surface area contributed by atoms with Gasteiger partial charge in [-0.2, -0.15) is 0 Å². The average molecular weight is 298 g/mol. The summed E-state index contributed by atoms with van der Waals surface area (Å²) < 4.78 is 19.8. The number of nitrogens with one attached hydrogen (secondary N) is 1. The number of aromatic hydroxyl groups is 1. The average Bonchev–Trinajstić information content (AvgIpc) is 2.81. The molecule has 2 rings (SSSR count). The van der Waals surface area contributed by atoms with Gasteiger partial charge in [0.1, 0.15) is 9.96 Å². The van der Waals surface area contributed by atoms with E-state index in [9.17, 15) is 14.1 Å². The van der Waals surface area contributed by atoms with E-state index in [0.717, 1.165) is 11.3 Å². The quantitative estimate of drug-likeness (QED) is 0.752. The molecule has 0 saturated carbocycles. The number of aryl methyl sites for hydroxylation is 1. The van der Waals surface area contributed by atoms with Gasteiger partial charge in [0.25, 0.3) is 5.91 Å². The maximum atomic E-state index is 11.9. The first-order chi connectivity index (χ1) is 8.99. The predicted molar refractivity (Wildman–Crippen MR) is 71.9 cm³/mol. The van der Waals surface area contributed by atoms with Crippen molar-refractivity contribution >= 4 is 33.5 Å². The number of nitrogens with zero attached hydrogens (tertiary/aromatic N) is 1. The molecule has 19 heavy (non-hydrogen) atoms. The van der Waals surface area contributed by atoms with Crippen LogP contribution in [0.25, 0.3) is 0 Å². The monoisotopic (exact) mass is 298 g/mol. The Morgan fingerprint density at radius 1 is 1.47 bits per heavy atom. The van der Waals surface area contributed by atoms with E-state index in [4.69, 9.17) is 4.55 Å². The van der Waals surface area contributed by atoms with E-state index in [1.165, 1.54) is 12.3 Å². The number of carbonyl (C=O) groups is 1. The summed E-state index contributed by atoms with van der Waals surface area (Å²) in [6.07, 6.45) is 1.21. The zero-order valence-corrected chi connectivity index (χ0v) is 11.4. The van der Waals surface area contributed by atoms with Gasteiger partial charge in [0.15, 0.2) is 16.2 Å². The second kappa shape index (κ2) is 5.47. The molecule has 2 aromatic rings. The second-order valence-electron chi connectivity index (χ2n) is 3.66. The first-order valence-electron chi connectivity index (χ1n) is 5.15. The van der Waals surface area contributed by atoms with Gasteiger partial charge in [0.05, 0.1) is 11.8 Å². The SMILES string of the molecule is Cc1cccc(C(=O)Nc2ncc(S(=O)O)s2)c1O. The number of anilines is 1. The molecule has 0 aliphatic rings. The summed E-state index contributed by atoms with van der Waals surface area (Å²) in [5.74, 6) is -0.617. The maximum Gasteiger partial charge on any atom is 0.261 e. The molecule has 0 bridgehead atoms. The van der Waals surface area contributed by atoms with Gasteiger partial charge in [0.2, 0.25) is 0 Å². The molecular formula is C11H10N2O4S2. The van der Waals surface area contributed by atoms with Crippen molar-refractivity contribution in [1.82, 2.24) is 4.98 Å². The van der Waals surface area contributed by atoms with Gasteiger partial charge in [0, 0.05) is 0 Å². The van der Waals surface area contributed by atoms with Gasteiger partial charge in [-0.25, -0.2) is 9.19 Å². The number of para-hydroxylation sites is 1. The fourth-order valence-corrected chi connectivity index (χ4v) is 2.61. The highest BCUT2D eigenvalue weighted by molar-refractivity contribution is 7.81. The molecule has 0 saturated heterocycles. The van der Waals surface area contributed by atoms with E-state index in [2.05, 4.69) is 10.3 Å². The molecule has 1 unspecified atom stereocenters. The molecule has 0 fully saturated rings. The zero-order valence-electron chi connectivity index (χ0n) is 9.78. The number of amides is 1. The van der Waals surface area contributed by atoms with Crippen LogP contribution in [0.3, 0.4) is 0 Å². The lowest BCUT2D eigenvalue weighted by Crippen LogP contribution is -2.12. The lowest BCUT2D eigenvalue weighted by molar-refractivity contribution is 0.102. The third-order valence-corrected chi connectivity index (χ3v) is 4.19. The number of hydrogen-bond acceptors (Lipinski definition) is 5. The minimum Gasteiger partial charge on any atom is -0.507 e. The Hall–Kier alpha value is -1.77. The highest BCUT2D eigenvalue weighted by Gasteiger charge is 2.15. The van der Waals surface area contributed by atoms with Crippen molar-refractivity contribution < 1.29 is 18.7 Å². The Kier molecular flexibility index (Phi) is 3.93. The molecule has 0 aliphatic heterocycles. The number of rotatable bonds is 3. The standard InChI is InChI=1S/C11H10N2O4S2/c1-6-3-2-4-7(9(6)14)10(15)13-11-12-5-8(18-11)19(16)17/h2-5,14H,1H3,(H,16,17)(H,12,13,15). The molecule has 1 aromatic carbocycles. The highest BCUT2D eigenvalue weighted by atomic mass is 32.2. The minimum atomic E-state index is -2.12. The van der Waals surface area contributed by atoms with E-state index in [1.54, 1.807) is 19.1 Å². The van der Waals surface area contributed by atoms with Crippen LogP contribution in [0.15, 0.2) is 28.6 Å². The molecule has 8 heteroatoms. The van der Waals surface area contributed by atoms with Gasteiger partial charge in [-0.15, -0.1) is 0 Å². The Morgan fingerprint density at radius 2 is 2.21 bits per heavy atom. The minimum absolute atomic E-state index is 0.0949. The second-order valence-corrected chi connectivity index (χ2v) is 5.89. The number of hydrogen-bond donors (Lipinski definition) is 3. The summed E-state index contributed by atoms with van der Waals surface area (Å²) in [5, 5.41) is 12.4. The number of phenolic OH excluding ortho intramolecular Hbond substituents is 1. The molecule has 1 atom stereocenters. The summed E-state index contributed by atoms with van der Waals surface area (Å²) >= 11 is -1.22. The first-order valence-corrected chi connectivity index (χ1v) is 7.08. The molecule has 1 heterocycles. The van der Waals surface area contributed by atoms with Crippen molar-refractivity contribution in [3.05, 3.63) is 35.5 Å². The molecule has 100 valence electrons. The molecule has 3 N–H and O–H groups in total. The number of thiazole rings is 1. The van der Waals surface area contributed by atoms with E-state index in [1.807, 2.05) is 0 Å². The van der Waals surface area contributed by atoms with Gasteiger partial charge in [-0.3, -0.25) is 10.1 Å². The van der Waals surface area contributed by atoms with Crippen LogP contribution < -0.4 is 5.32 Å². The van der Waals surface area contributed by atoms with E-state index >= 15 is 0 Å². The zero-order chi connectivity index (χ0) is 14.0. The van der Waals surface area contributed by atoms with Crippen molar-refractivity contribution in [2.24, 2.45) is 0 Å². The summed E-state index contributed by atoms with van der Waals surface area (Å²) in [7, 11) is 0. The topological polar surface area (TPSA) is 99.5 Å². The maximum absolute atomic E-state index is 11.9. The molecule has 6 nitrogen and oxygen atoms in total. The number of benzene rings is 1. The lowest BCUT2D eigenvalue weighted by atomic mass is 10.1. The Bertz CT molecular complexity index is 654. The lowest BCUT2D eigenvalue weighted by Gasteiger charge is -2.06. The van der Waals surface area contributed by atoms with Crippen LogP contribution in [0.5, 0.6) is 5.75 Å². The normalized spacial score (nSPS) is 12.1. The smallest absolute Gasteiger partial charge is 0.261 e. The van der Waals surface area contributed by atoms with Crippen molar-refractivity contribution in [2.75, 3.05) is 5.32 Å². The number of phenols is 1. The molecule has 1 amide bonds. The summed E-state index contributed by atoms with van der Waals surface area (Å²) in [4.78, 5) is 15.7.